The molecule has 1 unspecified atom stereocenters. The molecule has 1 aliphatic heterocycles. The second-order valence-corrected chi connectivity index (χ2v) is 7.26. The quantitative estimate of drug-likeness (QED) is 0.838. The molecular formula is C22H28N2O2. The van der Waals surface area contributed by atoms with Gasteiger partial charge in [-0.25, -0.2) is 0 Å². The molecule has 138 valence electrons. The number of para-hydroxylation sites is 1. The van der Waals surface area contributed by atoms with E-state index in [0.29, 0.717) is 12.8 Å². The normalized spacial score (nSPS) is 18.2. The van der Waals surface area contributed by atoms with Crippen molar-refractivity contribution in [2.45, 2.75) is 31.8 Å². The standard InChI is InChI=1S/C22H28N2O2/c1-18(21(25)23-20-10-6-3-7-11-20)22(26)13-16-24(17-14-22)15-12-19-8-4-2-5-9-19/h2-11,18,26H,12-17H2,1H3,(H,23,25). The van der Waals surface area contributed by atoms with Gasteiger partial charge in [0.2, 0.25) is 5.91 Å². The molecular weight excluding hydrogens is 324 g/mol. The van der Waals surface area contributed by atoms with E-state index >= 15 is 0 Å². The molecule has 2 aromatic rings. The first-order chi connectivity index (χ1) is 12.6. The average molecular weight is 352 g/mol. The smallest absolute Gasteiger partial charge is 0.230 e. The molecule has 4 heteroatoms. The van der Waals surface area contributed by atoms with E-state index in [2.05, 4.69) is 34.5 Å². The van der Waals surface area contributed by atoms with Crippen LogP contribution in [0.5, 0.6) is 0 Å². The maximum absolute atomic E-state index is 12.5. The molecule has 4 nitrogen and oxygen atoms in total. The number of carbonyl (C=O) groups excluding carboxylic acids is 1. The van der Waals surface area contributed by atoms with Crippen LogP contribution in [0.15, 0.2) is 60.7 Å². The summed E-state index contributed by atoms with van der Waals surface area (Å²) in [5.41, 5.74) is 1.18. The fourth-order valence-electron chi connectivity index (χ4n) is 3.54. The highest BCUT2D eigenvalue weighted by Gasteiger charge is 2.40. The van der Waals surface area contributed by atoms with Crippen LogP contribution < -0.4 is 5.32 Å². The average Bonchev–Trinajstić information content (AvgIpc) is 2.68. The Kier molecular flexibility index (Phi) is 6.07. The second kappa shape index (κ2) is 8.47. The molecule has 0 aromatic heterocycles. The van der Waals surface area contributed by atoms with Crippen molar-refractivity contribution in [1.82, 2.24) is 4.90 Å². The van der Waals surface area contributed by atoms with E-state index in [0.717, 1.165) is 31.7 Å². The molecule has 3 rings (SSSR count). The Hall–Kier alpha value is -2.17. The largest absolute Gasteiger partial charge is 0.389 e. The summed E-state index contributed by atoms with van der Waals surface area (Å²) in [5, 5.41) is 13.9. The lowest BCUT2D eigenvalue weighted by Gasteiger charge is -2.41. The van der Waals surface area contributed by atoms with E-state index in [1.54, 1.807) is 0 Å². The van der Waals surface area contributed by atoms with Gasteiger partial charge < -0.3 is 15.3 Å². The van der Waals surface area contributed by atoms with Crippen molar-refractivity contribution in [3.8, 4) is 0 Å². The Bertz CT molecular complexity index is 695. The number of rotatable bonds is 6. The predicted molar refractivity (Wildman–Crippen MR) is 105 cm³/mol. The summed E-state index contributed by atoms with van der Waals surface area (Å²) in [6.07, 6.45) is 2.28. The van der Waals surface area contributed by atoms with E-state index in [9.17, 15) is 9.90 Å². The third-order valence-electron chi connectivity index (χ3n) is 5.52. The first kappa shape index (κ1) is 18.6. The predicted octanol–water partition coefficient (Wildman–Crippen LogP) is 3.33. The van der Waals surface area contributed by atoms with Gasteiger partial charge in [-0.2, -0.15) is 0 Å². The highest BCUT2D eigenvalue weighted by Crippen LogP contribution is 2.31. The van der Waals surface area contributed by atoms with Gasteiger partial charge in [0.25, 0.3) is 0 Å². The minimum Gasteiger partial charge on any atom is -0.389 e. The van der Waals surface area contributed by atoms with Crippen molar-refractivity contribution in [2.75, 3.05) is 25.0 Å². The maximum Gasteiger partial charge on any atom is 0.230 e. The molecule has 2 N–H and O–H groups in total. The summed E-state index contributed by atoms with van der Waals surface area (Å²) in [4.78, 5) is 14.9. The number of hydrogen-bond acceptors (Lipinski definition) is 3. The van der Waals surface area contributed by atoms with Gasteiger partial charge in [0, 0.05) is 25.3 Å². The van der Waals surface area contributed by atoms with Crippen LogP contribution in [0.1, 0.15) is 25.3 Å². The van der Waals surface area contributed by atoms with Gasteiger partial charge >= 0.3 is 0 Å². The molecule has 1 saturated heterocycles. The van der Waals surface area contributed by atoms with Crippen molar-refractivity contribution in [1.29, 1.82) is 0 Å². The molecule has 1 heterocycles. The molecule has 0 bridgehead atoms. The van der Waals surface area contributed by atoms with E-state index in [1.165, 1.54) is 5.56 Å². The second-order valence-electron chi connectivity index (χ2n) is 7.26. The van der Waals surface area contributed by atoms with Crippen LogP contribution >= 0.6 is 0 Å². The lowest BCUT2D eigenvalue weighted by Crippen LogP contribution is -2.51. The van der Waals surface area contributed by atoms with E-state index in [4.69, 9.17) is 0 Å². The summed E-state index contributed by atoms with van der Waals surface area (Å²) in [5.74, 6) is -0.546. The van der Waals surface area contributed by atoms with Crippen LogP contribution in [0.2, 0.25) is 0 Å². The Balaban J connectivity index is 1.49. The van der Waals surface area contributed by atoms with Crippen LogP contribution in [0, 0.1) is 5.92 Å². The van der Waals surface area contributed by atoms with Crippen molar-refractivity contribution in [3.05, 3.63) is 66.2 Å². The van der Waals surface area contributed by atoms with E-state index in [1.807, 2.05) is 43.3 Å². The van der Waals surface area contributed by atoms with Gasteiger partial charge in [0.05, 0.1) is 11.5 Å². The molecule has 0 radical (unpaired) electrons. The lowest BCUT2D eigenvalue weighted by molar-refractivity contribution is -0.132. The summed E-state index contributed by atoms with van der Waals surface area (Å²) >= 11 is 0. The number of benzene rings is 2. The number of nitrogens with zero attached hydrogens (tertiary/aromatic N) is 1. The number of anilines is 1. The minimum atomic E-state index is -0.928. The van der Waals surface area contributed by atoms with Gasteiger partial charge in [-0.1, -0.05) is 55.5 Å². The van der Waals surface area contributed by atoms with Gasteiger partial charge in [0.1, 0.15) is 0 Å². The number of hydrogen-bond donors (Lipinski definition) is 2. The van der Waals surface area contributed by atoms with Crippen LogP contribution in [-0.2, 0) is 11.2 Å². The Morgan fingerprint density at radius 2 is 1.65 bits per heavy atom. The van der Waals surface area contributed by atoms with Gasteiger partial charge in [0.15, 0.2) is 0 Å². The van der Waals surface area contributed by atoms with Crippen molar-refractivity contribution >= 4 is 11.6 Å². The van der Waals surface area contributed by atoms with Crippen molar-refractivity contribution < 1.29 is 9.90 Å². The summed E-state index contributed by atoms with van der Waals surface area (Å²) in [6.45, 7) is 4.47. The lowest BCUT2D eigenvalue weighted by atomic mass is 9.80. The van der Waals surface area contributed by atoms with E-state index in [-0.39, 0.29) is 5.91 Å². The molecule has 0 saturated carbocycles. The number of piperidine rings is 1. The number of aliphatic hydroxyl groups is 1. The summed E-state index contributed by atoms with van der Waals surface area (Å²) in [7, 11) is 0. The highest BCUT2D eigenvalue weighted by atomic mass is 16.3. The Labute approximate surface area is 155 Å². The first-order valence-corrected chi connectivity index (χ1v) is 9.41. The number of likely N-dealkylation sites (tertiary alicyclic amines) is 1. The van der Waals surface area contributed by atoms with E-state index < -0.39 is 11.5 Å². The minimum absolute atomic E-state index is 0.114. The SMILES string of the molecule is CC(C(=O)Nc1ccccc1)C1(O)CCN(CCc2ccccc2)CC1. The third kappa shape index (κ3) is 4.71. The molecule has 1 fully saturated rings. The molecule has 26 heavy (non-hydrogen) atoms. The molecule has 0 aliphatic carbocycles. The fourth-order valence-corrected chi connectivity index (χ4v) is 3.54. The number of nitrogens with one attached hydrogen (secondary N) is 1. The molecule has 1 atom stereocenters. The summed E-state index contributed by atoms with van der Waals surface area (Å²) < 4.78 is 0. The van der Waals surface area contributed by atoms with Crippen LogP contribution in [-0.4, -0.2) is 41.1 Å². The zero-order chi connectivity index (χ0) is 18.4. The van der Waals surface area contributed by atoms with Gasteiger partial charge in [-0.05, 0) is 37.0 Å². The number of carbonyl (C=O) groups is 1. The zero-order valence-corrected chi connectivity index (χ0v) is 15.4. The first-order valence-electron chi connectivity index (χ1n) is 9.41. The summed E-state index contributed by atoms with van der Waals surface area (Å²) in [6, 6.07) is 19.9. The zero-order valence-electron chi connectivity index (χ0n) is 15.4. The number of amides is 1. The highest BCUT2D eigenvalue weighted by molar-refractivity contribution is 5.93. The third-order valence-corrected chi connectivity index (χ3v) is 5.52. The van der Waals surface area contributed by atoms with Crippen LogP contribution in [0.4, 0.5) is 5.69 Å². The fraction of sp³-hybridized carbons (Fsp3) is 0.409. The van der Waals surface area contributed by atoms with Crippen molar-refractivity contribution in [3.63, 3.8) is 0 Å². The van der Waals surface area contributed by atoms with Gasteiger partial charge in [-0.3, -0.25) is 4.79 Å². The topological polar surface area (TPSA) is 52.6 Å². The Morgan fingerprint density at radius 1 is 1.08 bits per heavy atom. The molecule has 0 spiro atoms. The monoisotopic (exact) mass is 352 g/mol. The van der Waals surface area contributed by atoms with Gasteiger partial charge in [-0.15, -0.1) is 0 Å². The molecule has 1 aliphatic rings. The van der Waals surface area contributed by atoms with Crippen molar-refractivity contribution in [2.24, 2.45) is 5.92 Å². The maximum atomic E-state index is 12.5. The molecule has 2 aromatic carbocycles. The van der Waals surface area contributed by atoms with Crippen LogP contribution in [0.25, 0.3) is 0 Å². The van der Waals surface area contributed by atoms with Crippen LogP contribution in [0.3, 0.4) is 0 Å². The Morgan fingerprint density at radius 3 is 2.27 bits per heavy atom. The molecule has 1 amide bonds.